The van der Waals surface area contributed by atoms with E-state index in [1.54, 1.807) is 47.4 Å². The molecule has 208 valence electrons. The number of amides is 2. The van der Waals surface area contributed by atoms with Gasteiger partial charge in [-0.25, -0.2) is 0 Å². The van der Waals surface area contributed by atoms with Crippen molar-refractivity contribution in [2.45, 2.75) is 58.3 Å². The van der Waals surface area contributed by atoms with Crippen LogP contribution in [-0.4, -0.2) is 85.4 Å². The molecule has 0 radical (unpaired) electrons. The molecule has 2 aromatic rings. The Balaban J connectivity index is 1.98. The first-order valence-corrected chi connectivity index (χ1v) is 13.5. The lowest BCUT2D eigenvalue weighted by molar-refractivity contribution is -0.0137. The quantitative estimate of drug-likeness (QED) is 0.585. The van der Waals surface area contributed by atoms with Gasteiger partial charge in [-0.1, -0.05) is 25.1 Å². The van der Waals surface area contributed by atoms with Crippen LogP contribution in [0.4, 0.5) is 5.69 Å². The molecule has 1 heterocycles. The van der Waals surface area contributed by atoms with Crippen molar-refractivity contribution in [1.29, 1.82) is 0 Å². The number of anilines is 1. The molecule has 1 aliphatic rings. The first-order chi connectivity index (χ1) is 18.2. The minimum atomic E-state index is -0.411. The number of hydrogen-bond donors (Lipinski definition) is 2. The molecule has 0 saturated carbocycles. The van der Waals surface area contributed by atoms with Crippen LogP contribution in [0.2, 0.25) is 0 Å². The zero-order valence-corrected chi connectivity index (χ0v) is 23.4. The molecule has 0 aliphatic carbocycles. The van der Waals surface area contributed by atoms with E-state index in [4.69, 9.17) is 9.47 Å². The van der Waals surface area contributed by atoms with Crippen molar-refractivity contribution in [2.24, 2.45) is 5.92 Å². The molecule has 4 atom stereocenters. The fraction of sp³-hybridized carbons (Fsp3) is 0.533. The van der Waals surface area contributed by atoms with E-state index in [0.717, 1.165) is 25.8 Å². The molecule has 0 aromatic heterocycles. The second-order valence-corrected chi connectivity index (χ2v) is 10.6. The summed E-state index contributed by atoms with van der Waals surface area (Å²) in [5.74, 6) is -0.00756. The lowest BCUT2D eigenvalue weighted by Gasteiger charge is -2.35. The van der Waals surface area contributed by atoms with Gasteiger partial charge in [0.15, 0.2) is 0 Å². The first-order valence-electron chi connectivity index (χ1n) is 13.5. The summed E-state index contributed by atoms with van der Waals surface area (Å²) in [5.41, 5.74) is 1.39. The number of ether oxygens (including phenoxy) is 2. The summed E-state index contributed by atoms with van der Waals surface area (Å²) in [7, 11) is 4.03. The smallest absolute Gasteiger partial charge is 0.258 e. The standard InChI is InChI=1S/C30H43N3O5/c1-21-18-33(22(2)20-34)30(36)26-17-25(31-29(35)24-12-7-6-8-13-24)14-15-27(26)38-23(3)11-9-10-16-37-28(21)19-32(4)5/h6-8,12-15,17,21-23,28,34H,9-11,16,18-20H2,1-5H3,(H,31,35)/t21-,22-,23+,28+/m0/s1. The summed E-state index contributed by atoms with van der Waals surface area (Å²) in [6.07, 6.45) is 2.55. The third-order valence-electron chi connectivity index (χ3n) is 6.89. The number of aliphatic hydroxyl groups excluding tert-OH is 1. The molecular formula is C30H43N3O5. The lowest BCUT2D eigenvalue weighted by Crippen LogP contribution is -2.47. The molecular weight excluding hydrogens is 482 g/mol. The van der Waals surface area contributed by atoms with E-state index < -0.39 is 6.04 Å². The van der Waals surface area contributed by atoms with Crippen LogP contribution in [-0.2, 0) is 4.74 Å². The Bertz CT molecular complexity index is 1050. The van der Waals surface area contributed by atoms with Gasteiger partial charge in [-0.2, -0.15) is 0 Å². The predicted molar refractivity (Wildman–Crippen MR) is 150 cm³/mol. The van der Waals surface area contributed by atoms with Gasteiger partial charge < -0.3 is 29.7 Å². The topological polar surface area (TPSA) is 91.3 Å². The Hall–Kier alpha value is -2.94. The van der Waals surface area contributed by atoms with E-state index in [2.05, 4.69) is 17.1 Å². The SMILES string of the molecule is C[C@@H]1CCCCO[C@H](CN(C)C)[C@@H](C)CN([C@@H](C)CO)C(=O)c2cc(NC(=O)c3ccccc3)ccc2O1. The highest BCUT2D eigenvalue weighted by atomic mass is 16.5. The maximum Gasteiger partial charge on any atom is 0.258 e. The Kier molecular flexibility index (Phi) is 11.1. The van der Waals surface area contributed by atoms with Gasteiger partial charge in [0.2, 0.25) is 0 Å². The van der Waals surface area contributed by atoms with E-state index in [1.807, 2.05) is 34.0 Å². The number of aliphatic hydroxyl groups is 1. The molecule has 0 bridgehead atoms. The largest absolute Gasteiger partial charge is 0.490 e. The maximum atomic E-state index is 14.1. The summed E-state index contributed by atoms with van der Waals surface area (Å²) >= 11 is 0. The van der Waals surface area contributed by atoms with E-state index in [-0.39, 0.29) is 36.5 Å². The minimum Gasteiger partial charge on any atom is -0.490 e. The molecule has 38 heavy (non-hydrogen) atoms. The van der Waals surface area contributed by atoms with Gasteiger partial charge in [0, 0.05) is 36.9 Å². The highest BCUT2D eigenvalue weighted by Gasteiger charge is 2.30. The van der Waals surface area contributed by atoms with Crippen molar-refractivity contribution < 1.29 is 24.2 Å². The maximum absolute atomic E-state index is 14.1. The normalized spacial score (nSPS) is 22.2. The van der Waals surface area contributed by atoms with E-state index >= 15 is 0 Å². The molecule has 0 fully saturated rings. The van der Waals surface area contributed by atoms with Crippen LogP contribution in [0.5, 0.6) is 5.75 Å². The molecule has 2 amide bonds. The van der Waals surface area contributed by atoms with Gasteiger partial charge in [-0.3, -0.25) is 9.59 Å². The van der Waals surface area contributed by atoms with Gasteiger partial charge in [-0.15, -0.1) is 0 Å². The monoisotopic (exact) mass is 525 g/mol. The Morgan fingerprint density at radius 3 is 2.58 bits per heavy atom. The van der Waals surface area contributed by atoms with E-state index in [9.17, 15) is 14.7 Å². The van der Waals surface area contributed by atoms with Crippen molar-refractivity contribution >= 4 is 17.5 Å². The fourth-order valence-electron chi connectivity index (χ4n) is 4.62. The molecule has 0 spiro atoms. The van der Waals surface area contributed by atoms with Crippen molar-refractivity contribution in [2.75, 3.05) is 45.7 Å². The molecule has 2 aromatic carbocycles. The fourth-order valence-corrected chi connectivity index (χ4v) is 4.62. The van der Waals surface area contributed by atoms with Gasteiger partial charge in [0.25, 0.3) is 11.8 Å². The van der Waals surface area contributed by atoms with Gasteiger partial charge in [-0.05, 0) is 77.5 Å². The summed E-state index contributed by atoms with van der Waals surface area (Å²) in [4.78, 5) is 30.6. The third-order valence-corrected chi connectivity index (χ3v) is 6.89. The number of nitrogens with zero attached hydrogens (tertiary/aromatic N) is 2. The predicted octanol–water partition coefficient (Wildman–Crippen LogP) is 4.30. The molecule has 8 heteroatoms. The van der Waals surface area contributed by atoms with Crippen molar-refractivity contribution in [3.63, 3.8) is 0 Å². The Labute approximate surface area is 226 Å². The molecule has 8 nitrogen and oxygen atoms in total. The Morgan fingerprint density at radius 1 is 1.16 bits per heavy atom. The number of likely N-dealkylation sites (N-methyl/N-ethyl adjacent to an activating group) is 1. The summed E-state index contributed by atoms with van der Waals surface area (Å²) in [6, 6.07) is 13.7. The van der Waals surface area contributed by atoms with Crippen molar-refractivity contribution in [1.82, 2.24) is 9.80 Å². The Morgan fingerprint density at radius 2 is 1.89 bits per heavy atom. The van der Waals surface area contributed by atoms with Crippen molar-refractivity contribution in [3.8, 4) is 5.75 Å². The van der Waals surface area contributed by atoms with Gasteiger partial charge >= 0.3 is 0 Å². The zero-order valence-electron chi connectivity index (χ0n) is 23.4. The van der Waals surface area contributed by atoms with Crippen LogP contribution in [0.3, 0.4) is 0 Å². The molecule has 0 unspecified atom stereocenters. The van der Waals surface area contributed by atoms with Crippen molar-refractivity contribution in [3.05, 3.63) is 59.7 Å². The lowest BCUT2D eigenvalue weighted by atomic mass is 10.0. The van der Waals surface area contributed by atoms with Gasteiger partial charge in [0.1, 0.15) is 5.75 Å². The zero-order chi connectivity index (χ0) is 27.7. The van der Waals surface area contributed by atoms with Crippen LogP contribution in [0.15, 0.2) is 48.5 Å². The molecule has 3 rings (SSSR count). The second-order valence-electron chi connectivity index (χ2n) is 10.6. The van der Waals surface area contributed by atoms with Crippen LogP contribution in [0.1, 0.15) is 60.7 Å². The number of fused-ring (bicyclic) bond motifs is 1. The average Bonchev–Trinajstić information content (AvgIpc) is 2.90. The van der Waals surface area contributed by atoms with Gasteiger partial charge in [0.05, 0.1) is 30.4 Å². The number of carbonyl (C=O) groups excluding carboxylic acids is 2. The average molecular weight is 526 g/mol. The van der Waals surface area contributed by atoms with E-state index in [0.29, 0.717) is 35.7 Å². The number of hydrogen-bond acceptors (Lipinski definition) is 6. The second kappa shape index (κ2) is 14.3. The summed E-state index contributed by atoms with van der Waals surface area (Å²) in [6.45, 7) is 7.54. The highest BCUT2D eigenvalue weighted by molar-refractivity contribution is 6.05. The van der Waals surface area contributed by atoms with Crippen LogP contribution >= 0.6 is 0 Å². The number of carbonyl (C=O) groups is 2. The van der Waals surface area contributed by atoms with Crippen LogP contribution < -0.4 is 10.1 Å². The van der Waals surface area contributed by atoms with Crippen LogP contribution in [0.25, 0.3) is 0 Å². The molecule has 1 aliphatic heterocycles. The highest BCUT2D eigenvalue weighted by Crippen LogP contribution is 2.28. The summed E-state index contributed by atoms with van der Waals surface area (Å²) in [5, 5.41) is 12.9. The van der Waals surface area contributed by atoms with E-state index in [1.165, 1.54) is 0 Å². The number of benzene rings is 2. The molecule has 2 N–H and O–H groups in total. The number of nitrogens with one attached hydrogen (secondary N) is 1. The molecule has 0 saturated heterocycles. The van der Waals surface area contributed by atoms with Crippen LogP contribution in [0, 0.1) is 5.92 Å². The first kappa shape index (κ1) is 29.6. The number of rotatable bonds is 6. The minimum absolute atomic E-state index is 0.0301. The third kappa shape index (κ3) is 8.28. The summed E-state index contributed by atoms with van der Waals surface area (Å²) < 4.78 is 12.5.